The smallest absolute Gasteiger partial charge is 0.261 e. The molecule has 1 aromatic rings. The molecule has 3 N–H and O–H groups in total. The molecule has 0 saturated heterocycles. The number of benzene rings is 1. The maximum atomic E-state index is 10.9. The Balaban J connectivity index is 2.98. The van der Waals surface area contributed by atoms with Crippen LogP contribution in [0.15, 0.2) is 35.5 Å². The van der Waals surface area contributed by atoms with Crippen molar-refractivity contribution in [3.05, 3.63) is 41.1 Å². The van der Waals surface area contributed by atoms with Gasteiger partial charge in [-0.2, -0.15) is 5.26 Å². The lowest BCUT2D eigenvalue weighted by Crippen LogP contribution is -2.16. The molecular weight excluding hydrogens is 202 g/mol. The van der Waals surface area contributed by atoms with Crippen molar-refractivity contribution >= 4 is 11.6 Å². The predicted molar refractivity (Wildman–Crippen MR) is 62.3 cm³/mol. The first-order chi connectivity index (χ1) is 7.54. The number of carbonyl (C=O) groups is 1. The van der Waals surface area contributed by atoms with Gasteiger partial charge in [-0.1, -0.05) is 12.1 Å². The van der Waals surface area contributed by atoms with E-state index >= 15 is 0 Å². The fourth-order valence-corrected chi connectivity index (χ4v) is 1.33. The van der Waals surface area contributed by atoms with Crippen LogP contribution in [0.3, 0.4) is 0 Å². The largest absolute Gasteiger partial charge is 0.365 e. The van der Waals surface area contributed by atoms with Gasteiger partial charge in [0.15, 0.2) is 0 Å². The van der Waals surface area contributed by atoms with Gasteiger partial charge in [-0.15, -0.1) is 0 Å². The minimum Gasteiger partial charge on any atom is -0.365 e. The summed E-state index contributed by atoms with van der Waals surface area (Å²) in [6.07, 6.45) is 0. The van der Waals surface area contributed by atoms with Gasteiger partial charge in [-0.05, 0) is 31.5 Å². The Hall–Kier alpha value is -2.28. The molecule has 0 aliphatic rings. The zero-order chi connectivity index (χ0) is 12.1. The average molecular weight is 215 g/mol. The zero-order valence-corrected chi connectivity index (χ0v) is 9.24. The molecule has 0 aliphatic carbocycles. The SMILES string of the molecule is C/C(Nc1cccc(C)c1)=C(/C#N)C(N)=O. The van der Waals surface area contributed by atoms with Gasteiger partial charge in [0.2, 0.25) is 0 Å². The van der Waals surface area contributed by atoms with Gasteiger partial charge < -0.3 is 11.1 Å². The van der Waals surface area contributed by atoms with E-state index < -0.39 is 5.91 Å². The highest BCUT2D eigenvalue weighted by molar-refractivity contribution is 5.97. The first-order valence-electron chi connectivity index (χ1n) is 4.79. The Bertz CT molecular complexity index is 483. The molecular formula is C12H13N3O. The lowest BCUT2D eigenvalue weighted by Gasteiger charge is -2.08. The summed E-state index contributed by atoms with van der Waals surface area (Å²) in [6.45, 7) is 3.61. The van der Waals surface area contributed by atoms with Crippen molar-refractivity contribution in [3.63, 3.8) is 0 Å². The Morgan fingerprint density at radius 2 is 2.19 bits per heavy atom. The van der Waals surface area contributed by atoms with Crippen molar-refractivity contribution in [2.75, 3.05) is 5.32 Å². The number of hydrogen-bond acceptors (Lipinski definition) is 3. The van der Waals surface area contributed by atoms with Crippen LogP contribution in [-0.2, 0) is 4.79 Å². The van der Waals surface area contributed by atoms with E-state index in [9.17, 15) is 4.79 Å². The van der Waals surface area contributed by atoms with E-state index in [0.717, 1.165) is 11.3 Å². The summed E-state index contributed by atoms with van der Waals surface area (Å²) in [6, 6.07) is 9.40. The second-order valence-corrected chi connectivity index (χ2v) is 3.47. The molecule has 0 saturated carbocycles. The topological polar surface area (TPSA) is 78.9 Å². The van der Waals surface area contributed by atoms with Gasteiger partial charge >= 0.3 is 0 Å². The van der Waals surface area contributed by atoms with Crippen LogP contribution in [0.25, 0.3) is 0 Å². The number of anilines is 1. The summed E-state index contributed by atoms with van der Waals surface area (Å²) in [4.78, 5) is 10.9. The van der Waals surface area contributed by atoms with Crippen molar-refractivity contribution in [3.8, 4) is 6.07 Å². The second-order valence-electron chi connectivity index (χ2n) is 3.47. The number of nitrogens with two attached hydrogens (primary N) is 1. The molecule has 1 rings (SSSR count). The molecule has 0 unspecified atom stereocenters. The number of hydrogen-bond donors (Lipinski definition) is 2. The van der Waals surface area contributed by atoms with E-state index in [4.69, 9.17) is 11.0 Å². The minimum absolute atomic E-state index is 0.0542. The van der Waals surface area contributed by atoms with Crippen LogP contribution in [0.2, 0.25) is 0 Å². The van der Waals surface area contributed by atoms with Crippen LogP contribution in [0.4, 0.5) is 5.69 Å². The van der Waals surface area contributed by atoms with E-state index in [1.54, 1.807) is 13.0 Å². The quantitative estimate of drug-likeness (QED) is 0.594. The molecule has 16 heavy (non-hydrogen) atoms. The van der Waals surface area contributed by atoms with E-state index in [1.165, 1.54) is 0 Å². The van der Waals surface area contributed by atoms with Crippen LogP contribution < -0.4 is 11.1 Å². The highest BCUT2D eigenvalue weighted by atomic mass is 16.1. The molecule has 0 atom stereocenters. The maximum absolute atomic E-state index is 10.9. The number of allylic oxidation sites excluding steroid dienone is 1. The van der Waals surface area contributed by atoms with Crippen molar-refractivity contribution in [2.45, 2.75) is 13.8 Å². The Morgan fingerprint density at radius 1 is 1.50 bits per heavy atom. The zero-order valence-electron chi connectivity index (χ0n) is 9.24. The summed E-state index contributed by atoms with van der Waals surface area (Å²) in [5.74, 6) is -0.722. The third-order valence-corrected chi connectivity index (χ3v) is 2.08. The first kappa shape index (κ1) is 11.8. The third kappa shape index (κ3) is 2.85. The lowest BCUT2D eigenvalue weighted by atomic mass is 10.2. The van der Waals surface area contributed by atoms with Gasteiger partial charge in [0.1, 0.15) is 11.6 Å². The van der Waals surface area contributed by atoms with E-state index in [1.807, 2.05) is 31.2 Å². The number of aryl methyl sites for hydroxylation is 1. The molecule has 0 fully saturated rings. The number of primary amides is 1. The number of rotatable bonds is 3. The fourth-order valence-electron chi connectivity index (χ4n) is 1.33. The predicted octanol–water partition coefficient (Wildman–Crippen LogP) is 1.69. The van der Waals surface area contributed by atoms with Crippen LogP contribution in [0.1, 0.15) is 12.5 Å². The van der Waals surface area contributed by atoms with Crippen molar-refractivity contribution in [1.82, 2.24) is 0 Å². The molecule has 0 bridgehead atoms. The highest BCUT2D eigenvalue weighted by Crippen LogP contribution is 2.13. The number of nitriles is 1. The molecule has 0 aliphatic heterocycles. The third-order valence-electron chi connectivity index (χ3n) is 2.08. The summed E-state index contributed by atoms with van der Waals surface area (Å²) in [7, 11) is 0. The molecule has 4 heteroatoms. The highest BCUT2D eigenvalue weighted by Gasteiger charge is 2.08. The summed E-state index contributed by atoms with van der Waals surface area (Å²) in [5.41, 5.74) is 7.40. The molecule has 0 heterocycles. The van der Waals surface area contributed by atoms with Gasteiger partial charge in [-0.25, -0.2) is 0 Å². The molecule has 1 aromatic carbocycles. The van der Waals surface area contributed by atoms with Crippen molar-refractivity contribution in [1.29, 1.82) is 5.26 Å². The number of amides is 1. The maximum Gasteiger partial charge on any atom is 0.261 e. The number of carbonyl (C=O) groups excluding carboxylic acids is 1. The number of nitrogens with zero attached hydrogens (tertiary/aromatic N) is 1. The van der Waals surface area contributed by atoms with Gasteiger partial charge in [0, 0.05) is 11.4 Å². The second kappa shape index (κ2) is 4.99. The summed E-state index contributed by atoms with van der Waals surface area (Å²) < 4.78 is 0. The number of nitrogens with one attached hydrogen (secondary N) is 1. The standard InChI is InChI=1S/C12H13N3O/c1-8-4-3-5-10(6-8)15-9(2)11(7-13)12(14)16/h3-6,15H,1-2H3,(H2,14,16)/b11-9+. The first-order valence-corrected chi connectivity index (χ1v) is 4.79. The minimum atomic E-state index is -0.722. The normalized spacial score (nSPS) is 11.3. The van der Waals surface area contributed by atoms with Crippen LogP contribution in [0, 0.1) is 18.3 Å². The van der Waals surface area contributed by atoms with Gasteiger partial charge in [0.05, 0.1) is 0 Å². The average Bonchev–Trinajstić information content (AvgIpc) is 2.17. The van der Waals surface area contributed by atoms with Gasteiger partial charge in [-0.3, -0.25) is 4.79 Å². The van der Waals surface area contributed by atoms with Crippen molar-refractivity contribution < 1.29 is 4.79 Å². The molecule has 0 aromatic heterocycles. The van der Waals surface area contributed by atoms with E-state index in [0.29, 0.717) is 5.70 Å². The summed E-state index contributed by atoms with van der Waals surface area (Å²) in [5, 5.41) is 11.7. The van der Waals surface area contributed by atoms with Crippen LogP contribution in [0.5, 0.6) is 0 Å². The van der Waals surface area contributed by atoms with Crippen molar-refractivity contribution in [2.24, 2.45) is 5.73 Å². The monoisotopic (exact) mass is 215 g/mol. The Kier molecular flexibility index (Phi) is 3.67. The molecule has 0 radical (unpaired) electrons. The van der Waals surface area contributed by atoms with Crippen LogP contribution in [-0.4, -0.2) is 5.91 Å². The lowest BCUT2D eigenvalue weighted by molar-refractivity contribution is -0.114. The molecule has 4 nitrogen and oxygen atoms in total. The fraction of sp³-hybridized carbons (Fsp3) is 0.167. The van der Waals surface area contributed by atoms with Crippen LogP contribution >= 0.6 is 0 Å². The molecule has 1 amide bonds. The molecule has 0 spiro atoms. The Morgan fingerprint density at radius 3 is 2.69 bits per heavy atom. The van der Waals surface area contributed by atoms with Gasteiger partial charge in [0.25, 0.3) is 5.91 Å². The Labute approximate surface area is 94.4 Å². The summed E-state index contributed by atoms with van der Waals surface area (Å²) >= 11 is 0. The van der Waals surface area contributed by atoms with E-state index in [2.05, 4.69) is 5.32 Å². The molecule has 82 valence electrons. The van der Waals surface area contributed by atoms with E-state index in [-0.39, 0.29) is 5.57 Å².